The molecule has 0 bridgehead atoms. The van der Waals surface area contributed by atoms with Gasteiger partial charge in [0.2, 0.25) is 0 Å². The Hall–Kier alpha value is -1.78. The van der Waals surface area contributed by atoms with E-state index >= 15 is 0 Å². The first-order valence-corrected chi connectivity index (χ1v) is 7.40. The molecule has 0 atom stereocenters. The van der Waals surface area contributed by atoms with Gasteiger partial charge in [0.25, 0.3) is 0 Å². The molecule has 0 radical (unpaired) electrons. The zero-order valence-corrected chi connectivity index (χ0v) is 12.9. The van der Waals surface area contributed by atoms with Gasteiger partial charge in [-0.15, -0.1) is 0 Å². The minimum Gasteiger partial charge on any atom is -0.309 e. The van der Waals surface area contributed by atoms with E-state index in [4.69, 9.17) is 0 Å². The fraction of sp³-hybridized carbons (Fsp3) is 0.412. The summed E-state index contributed by atoms with van der Waals surface area (Å²) in [6.45, 7) is 3.95. The highest BCUT2D eigenvalue weighted by atomic mass is 15.1. The fourth-order valence-corrected chi connectivity index (χ4v) is 2.30. The summed E-state index contributed by atoms with van der Waals surface area (Å²) in [5, 5.41) is 0. The van der Waals surface area contributed by atoms with E-state index < -0.39 is 0 Å². The van der Waals surface area contributed by atoms with E-state index in [-0.39, 0.29) is 0 Å². The standard InChI is InChI=1S/C17H24N4/c1-20(2)11-6-12-21(14-16-7-5-9-18-13-16)15-17-8-3-4-10-19-17/h3-5,7-10,13H,6,11-12,14-15H2,1-2H3. The molecule has 21 heavy (non-hydrogen) atoms. The molecule has 0 unspecified atom stereocenters. The van der Waals surface area contributed by atoms with Crippen molar-refractivity contribution in [2.75, 3.05) is 27.2 Å². The van der Waals surface area contributed by atoms with E-state index in [2.05, 4.69) is 46.0 Å². The monoisotopic (exact) mass is 284 g/mol. The topological polar surface area (TPSA) is 32.3 Å². The van der Waals surface area contributed by atoms with Crippen LogP contribution in [0.5, 0.6) is 0 Å². The van der Waals surface area contributed by atoms with Crippen molar-refractivity contribution in [3.63, 3.8) is 0 Å². The Balaban J connectivity index is 1.96. The maximum Gasteiger partial charge on any atom is 0.0544 e. The van der Waals surface area contributed by atoms with Crippen LogP contribution in [0.15, 0.2) is 48.9 Å². The summed E-state index contributed by atoms with van der Waals surface area (Å²) in [6.07, 6.45) is 6.77. The summed E-state index contributed by atoms with van der Waals surface area (Å²) in [4.78, 5) is 13.3. The van der Waals surface area contributed by atoms with E-state index in [1.54, 1.807) is 0 Å². The summed E-state index contributed by atoms with van der Waals surface area (Å²) in [5.41, 5.74) is 2.37. The number of aromatic nitrogens is 2. The van der Waals surface area contributed by atoms with Gasteiger partial charge in [0.05, 0.1) is 5.69 Å². The predicted octanol–water partition coefficient (Wildman–Crippen LogP) is 2.43. The molecule has 0 N–H and O–H groups in total. The summed E-state index contributed by atoms with van der Waals surface area (Å²) in [5.74, 6) is 0. The van der Waals surface area contributed by atoms with Crippen molar-refractivity contribution >= 4 is 0 Å². The molecule has 2 rings (SSSR count). The molecule has 4 heteroatoms. The minimum absolute atomic E-state index is 0.878. The Labute approximate surface area is 127 Å². The highest BCUT2D eigenvalue weighted by Gasteiger charge is 2.08. The van der Waals surface area contributed by atoms with Crippen LogP contribution in [0.25, 0.3) is 0 Å². The Kier molecular flexibility index (Phi) is 6.31. The van der Waals surface area contributed by atoms with Gasteiger partial charge in [-0.05, 0) is 50.8 Å². The molecule has 0 aliphatic heterocycles. The minimum atomic E-state index is 0.878. The third-order valence-electron chi connectivity index (χ3n) is 3.32. The molecule has 2 aromatic rings. The van der Waals surface area contributed by atoms with Gasteiger partial charge in [-0.2, -0.15) is 0 Å². The molecule has 0 spiro atoms. The first-order chi connectivity index (χ1) is 10.2. The van der Waals surface area contributed by atoms with Gasteiger partial charge in [-0.3, -0.25) is 14.9 Å². The Morgan fingerprint density at radius 2 is 1.86 bits per heavy atom. The largest absolute Gasteiger partial charge is 0.309 e. The molecule has 2 aromatic heterocycles. The fourth-order valence-electron chi connectivity index (χ4n) is 2.30. The van der Waals surface area contributed by atoms with Crippen molar-refractivity contribution in [2.24, 2.45) is 0 Å². The second-order valence-corrected chi connectivity index (χ2v) is 5.55. The van der Waals surface area contributed by atoms with Crippen LogP contribution in [0.1, 0.15) is 17.7 Å². The lowest BCUT2D eigenvalue weighted by atomic mass is 10.2. The van der Waals surface area contributed by atoms with E-state index in [1.807, 2.05) is 36.8 Å². The summed E-state index contributed by atoms with van der Waals surface area (Å²) in [7, 11) is 4.23. The van der Waals surface area contributed by atoms with Crippen LogP contribution in [0.2, 0.25) is 0 Å². The SMILES string of the molecule is CN(C)CCCN(Cc1cccnc1)Cc1ccccn1. The zero-order valence-electron chi connectivity index (χ0n) is 12.9. The summed E-state index contributed by atoms with van der Waals surface area (Å²) in [6, 6.07) is 10.2. The van der Waals surface area contributed by atoms with Crippen molar-refractivity contribution in [3.05, 3.63) is 60.2 Å². The van der Waals surface area contributed by atoms with Crippen LogP contribution >= 0.6 is 0 Å². The average Bonchev–Trinajstić information content (AvgIpc) is 2.49. The highest BCUT2D eigenvalue weighted by molar-refractivity contribution is 5.09. The van der Waals surface area contributed by atoms with Crippen LogP contribution < -0.4 is 0 Å². The lowest BCUT2D eigenvalue weighted by Gasteiger charge is -2.22. The van der Waals surface area contributed by atoms with Gasteiger partial charge in [0, 0.05) is 38.2 Å². The lowest BCUT2D eigenvalue weighted by molar-refractivity contribution is 0.237. The van der Waals surface area contributed by atoms with Crippen molar-refractivity contribution in [2.45, 2.75) is 19.5 Å². The van der Waals surface area contributed by atoms with Crippen molar-refractivity contribution in [1.29, 1.82) is 0 Å². The first kappa shape index (κ1) is 15.6. The Morgan fingerprint density at radius 3 is 2.52 bits per heavy atom. The van der Waals surface area contributed by atoms with Crippen LogP contribution in [0.3, 0.4) is 0 Å². The van der Waals surface area contributed by atoms with Gasteiger partial charge in [0.15, 0.2) is 0 Å². The molecule has 0 saturated heterocycles. The second-order valence-electron chi connectivity index (χ2n) is 5.55. The quantitative estimate of drug-likeness (QED) is 0.745. The molecule has 0 aliphatic carbocycles. The van der Waals surface area contributed by atoms with Crippen LogP contribution in [-0.2, 0) is 13.1 Å². The molecule has 0 amide bonds. The van der Waals surface area contributed by atoms with Crippen molar-refractivity contribution in [1.82, 2.24) is 19.8 Å². The highest BCUT2D eigenvalue weighted by Crippen LogP contribution is 2.08. The average molecular weight is 284 g/mol. The van der Waals surface area contributed by atoms with Crippen LogP contribution in [0.4, 0.5) is 0 Å². The normalized spacial score (nSPS) is 11.2. The van der Waals surface area contributed by atoms with E-state index in [1.165, 1.54) is 5.56 Å². The molecule has 0 aromatic carbocycles. The first-order valence-electron chi connectivity index (χ1n) is 7.40. The third-order valence-corrected chi connectivity index (χ3v) is 3.32. The number of nitrogens with zero attached hydrogens (tertiary/aromatic N) is 4. The molecule has 0 saturated carbocycles. The molecule has 2 heterocycles. The van der Waals surface area contributed by atoms with Gasteiger partial charge < -0.3 is 4.90 Å². The third kappa shape index (κ3) is 6.02. The summed E-state index contributed by atoms with van der Waals surface area (Å²) < 4.78 is 0. The number of hydrogen-bond donors (Lipinski definition) is 0. The van der Waals surface area contributed by atoms with Gasteiger partial charge >= 0.3 is 0 Å². The Bertz CT molecular complexity index is 457. The van der Waals surface area contributed by atoms with Crippen molar-refractivity contribution < 1.29 is 0 Å². The number of hydrogen-bond acceptors (Lipinski definition) is 4. The number of rotatable bonds is 8. The molecule has 112 valence electrons. The van der Waals surface area contributed by atoms with Crippen LogP contribution in [-0.4, -0.2) is 47.0 Å². The lowest BCUT2D eigenvalue weighted by Crippen LogP contribution is -2.27. The van der Waals surface area contributed by atoms with Gasteiger partial charge in [-0.1, -0.05) is 12.1 Å². The maximum atomic E-state index is 4.44. The molecule has 0 aliphatic rings. The maximum absolute atomic E-state index is 4.44. The zero-order chi connectivity index (χ0) is 14.9. The van der Waals surface area contributed by atoms with Crippen molar-refractivity contribution in [3.8, 4) is 0 Å². The van der Waals surface area contributed by atoms with E-state index in [9.17, 15) is 0 Å². The van der Waals surface area contributed by atoms with Gasteiger partial charge in [-0.25, -0.2) is 0 Å². The van der Waals surface area contributed by atoms with E-state index in [0.29, 0.717) is 0 Å². The summed E-state index contributed by atoms with van der Waals surface area (Å²) >= 11 is 0. The van der Waals surface area contributed by atoms with Gasteiger partial charge in [0.1, 0.15) is 0 Å². The number of pyridine rings is 2. The molecular weight excluding hydrogens is 260 g/mol. The van der Waals surface area contributed by atoms with E-state index in [0.717, 1.165) is 38.3 Å². The Morgan fingerprint density at radius 1 is 0.952 bits per heavy atom. The smallest absolute Gasteiger partial charge is 0.0544 e. The van der Waals surface area contributed by atoms with Crippen LogP contribution in [0, 0.1) is 0 Å². The second kappa shape index (κ2) is 8.49. The molecule has 4 nitrogen and oxygen atoms in total. The molecular formula is C17H24N4. The predicted molar refractivity (Wildman–Crippen MR) is 85.8 cm³/mol. The molecule has 0 fully saturated rings.